The molecule has 0 aromatic heterocycles. The molecule has 0 saturated heterocycles. The smallest absolute Gasteiger partial charge is 0.338 e. The van der Waals surface area contributed by atoms with Crippen molar-refractivity contribution in [2.24, 2.45) is 0 Å². The number of benzene rings is 2. The van der Waals surface area contributed by atoms with Gasteiger partial charge in [-0.3, -0.25) is 9.59 Å². The minimum Gasteiger partial charge on any atom is -0.465 e. The summed E-state index contributed by atoms with van der Waals surface area (Å²) in [5, 5.41) is 0.940. The van der Waals surface area contributed by atoms with Crippen LogP contribution in [0, 0.1) is 0 Å². The summed E-state index contributed by atoms with van der Waals surface area (Å²) in [6.07, 6.45) is 0. The predicted octanol–water partition coefficient (Wildman–Crippen LogP) is 5.03. The van der Waals surface area contributed by atoms with Crippen LogP contribution in [-0.4, -0.2) is 43.1 Å². The third-order valence-corrected chi connectivity index (χ3v) is 4.55. The van der Waals surface area contributed by atoms with Crippen LogP contribution < -0.4 is 0 Å². The van der Waals surface area contributed by atoms with Gasteiger partial charge in [0.15, 0.2) is 11.6 Å². The molecular formula is C20H17BrCl2O6. The van der Waals surface area contributed by atoms with Crippen molar-refractivity contribution in [1.82, 2.24) is 0 Å². The van der Waals surface area contributed by atoms with Crippen LogP contribution in [0.3, 0.4) is 0 Å². The van der Waals surface area contributed by atoms with Gasteiger partial charge in [-0.1, -0.05) is 39.1 Å². The van der Waals surface area contributed by atoms with E-state index in [0.717, 1.165) is 0 Å². The summed E-state index contributed by atoms with van der Waals surface area (Å²) in [4.78, 5) is 45.2. The van der Waals surface area contributed by atoms with E-state index in [9.17, 15) is 19.2 Å². The lowest BCUT2D eigenvalue weighted by atomic mass is 10.0. The van der Waals surface area contributed by atoms with E-state index in [1.165, 1.54) is 45.4 Å². The summed E-state index contributed by atoms with van der Waals surface area (Å²) in [6.45, 7) is 1.38. The molecule has 154 valence electrons. The van der Waals surface area contributed by atoms with E-state index in [0.29, 0.717) is 21.2 Å². The van der Waals surface area contributed by atoms with Crippen molar-refractivity contribution < 1.29 is 28.7 Å². The van der Waals surface area contributed by atoms with E-state index < -0.39 is 11.9 Å². The van der Waals surface area contributed by atoms with E-state index in [1.807, 2.05) is 0 Å². The highest BCUT2D eigenvalue weighted by Crippen LogP contribution is 2.19. The summed E-state index contributed by atoms with van der Waals surface area (Å²) in [7, 11) is 2.51. The van der Waals surface area contributed by atoms with Crippen LogP contribution in [0.15, 0.2) is 36.4 Å². The highest BCUT2D eigenvalue weighted by atomic mass is 79.9. The molecule has 0 unspecified atom stereocenters. The Morgan fingerprint density at radius 2 is 1.21 bits per heavy atom. The molecule has 0 atom stereocenters. The first-order valence-corrected chi connectivity index (χ1v) is 9.89. The largest absolute Gasteiger partial charge is 0.465 e. The van der Waals surface area contributed by atoms with Crippen LogP contribution in [0.4, 0.5) is 0 Å². The van der Waals surface area contributed by atoms with Crippen molar-refractivity contribution >= 4 is 62.6 Å². The number of Topliss-reactive ketones (excluding diaryl/α,β-unsaturated/α-hetero) is 2. The van der Waals surface area contributed by atoms with Gasteiger partial charge < -0.3 is 9.47 Å². The zero-order valence-corrected chi connectivity index (χ0v) is 18.9. The molecule has 0 spiro atoms. The average molecular weight is 504 g/mol. The van der Waals surface area contributed by atoms with Crippen LogP contribution in [0.2, 0.25) is 10.0 Å². The number of alkyl halides is 1. The van der Waals surface area contributed by atoms with Gasteiger partial charge in [-0.15, -0.1) is 0 Å². The molecule has 0 fully saturated rings. The first-order valence-electron chi connectivity index (χ1n) is 8.02. The lowest BCUT2D eigenvalue weighted by Crippen LogP contribution is -2.11. The second-order valence-corrected chi connectivity index (χ2v) is 6.91. The number of halogens is 3. The molecule has 9 heteroatoms. The molecule has 0 aliphatic carbocycles. The Morgan fingerprint density at radius 1 is 0.793 bits per heavy atom. The van der Waals surface area contributed by atoms with Gasteiger partial charge in [-0.25, -0.2) is 9.59 Å². The Labute approximate surface area is 186 Å². The first kappa shape index (κ1) is 24.8. The Kier molecular flexibility index (Phi) is 10.0. The molecule has 2 aromatic rings. The molecule has 6 nitrogen and oxygen atoms in total. The molecule has 2 rings (SSSR count). The second-order valence-electron chi connectivity index (χ2n) is 5.48. The van der Waals surface area contributed by atoms with Crippen LogP contribution in [0.1, 0.15) is 48.4 Å². The first-order chi connectivity index (χ1) is 13.7. The third kappa shape index (κ3) is 6.96. The Bertz CT molecular complexity index is 943. The molecule has 2 aromatic carbocycles. The summed E-state index contributed by atoms with van der Waals surface area (Å²) in [6, 6.07) is 8.98. The minimum absolute atomic E-state index is 0.151. The van der Waals surface area contributed by atoms with E-state index in [1.54, 1.807) is 12.1 Å². The van der Waals surface area contributed by atoms with Crippen molar-refractivity contribution in [3.8, 4) is 0 Å². The molecular weight excluding hydrogens is 487 g/mol. The van der Waals surface area contributed by atoms with Gasteiger partial charge in [0.2, 0.25) is 0 Å². The topological polar surface area (TPSA) is 86.7 Å². The fourth-order valence-corrected chi connectivity index (χ4v) is 2.86. The lowest BCUT2D eigenvalue weighted by molar-refractivity contribution is 0.0589. The SMILES string of the molecule is COC(=O)c1cc(Cl)ccc1C(=O)CBr.COC(=O)c1cc(Cl)ccc1C(C)=O. The van der Waals surface area contributed by atoms with Crippen LogP contribution in [-0.2, 0) is 9.47 Å². The molecule has 0 radical (unpaired) electrons. The number of rotatable bonds is 5. The molecule has 29 heavy (non-hydrogen) atoms. The Balaban J connectivity index is 0.000000291. The summed E-state index contributed by atoms with van der Waals surface area (Å²) in [5.74, 6) is -1.51. The van der Waals surface area contributed by atoms with Crippen molar-refractivity contribution in [2.45, 2.75) is 6.92 Å². The molecule has 0 amide bonds. The monoisotopic (exact) mass is 502 g/mol. The van der Waals surface area contributed by atoms with Crippen molar-refractivity contribution in [3.63, 3.8) is 0 Å². The number of ether oxygens (including phenoxy) is 2. The average Bonchev–Trinajstić information content (AvgIpc) is 2.72. The van der Waals surface area contributed by atoms with E-state index in [4.69, 9.17) is 23.2 Å². The van der Waals surface area contributed by atoms with Gasteiger partial charge in [0.1, 0.15) is 0 Å². The zero-order valence-electron chi connectivity index (χ0n) is 15.8. The second kappa shape index (κ2) is 11.7. The van der Waals surface area contributed by atoms with Gasteiger partial charge in [-0.05, 0) is 43.3 Å². The maximum absolute atomic E-state index is 11.5. The lowest BCUT2D eigenvalue weighted by Gasteiger charge is -2.05. The third-order valence-electron chi connectivity index (χ3n) is 3.57. The summed E-state index contributed by atoms with van der Waals surface area (Å²) >= 11 is 14.5. The number of carbonyl (C=O) groups excluding carboxylic acids is 4. The zero-order chi connectivity index (χ0) is 22.1. The molecule has 0 heterocycles. The fourth-order valence-electron chi connectivity index (χ4n) is 2.21. The molecule has 0 saturated carbocycles. The number of hydrogen-bond acceptors (Lipinski definition) is 6. The number of methoxy groups -OCH3 is 2. The molecule has 0 bridgehead atoms. The summed E-state index contributed by atoms with van der Waals surface area (Å²) in [5.41, 5.74) is 1.02. The number of carbonyl (C=O) groups is 4. The molecule has 0 N–H and O–H groups in total. The van der Waals surface area contributed by atoms with Gasteiger partial charge >= 0.3 is 11.9 Å². The molecule has 0 aliphatic heterocycles. The standard InChI is InChI=1S/C10H8BrClO3.C10H9ClO3/c1-15-10(14)8-4-6(12)2-3-7(8)9(13)5-11;1-6(12)8-4-3-7(11)5-9(8)10(13)14-2/h2-4H,5H2,1H3;3-5H,1-2H3. The highest BCUT2D eigenvalue weighted by Gasteiger charge is 2.17. The predicted molar refractivity (Wildman–Crippen MR) is 114 cm³/mol. The fraction of sp³-hybridized carbons (Fsp3) is 0.200. The maximum atomic E-state index is 11.5. The van der Waals surface area contributed by atoms with Crippen molar-refractivity contribution in [1.29, 1.82) is 0 Å². The van der Waals surface area contributed by atoms with Crippen molar-refractivity contribution in [2.75, 3.05) is 19.5 Å². The number of ketones is 2. The Morgan fingerprint density at radius 3 is 1.59 bits per heavy atom. The van der Waals surface area contributed by atoms with E-state index in [-0.39, 0.29) is 28.0 Å². The number of esters is 2. The van der Waals surface area contributed by atoms with Gasteiger partial charge in [0.25, 0.3) is 0 Å². The van der Waals surface area contributed by atoms with Crippen LogP contribution >= 0.6 is 39.1 Å². The highest BCUT2D eigenvalue weighted by molar-refractivity contribution is 9.09. The summed E-state index contributed by atoms with van der Waals surface area (Å²) < 4.78 is 9.09. The van der Waals surface area contributed by atoms with Gasteiger partial charge in [0, 0.05) is 21.2 Å². The molecule has 0 aliphatic rings. The van der Waals surface area contributed by atoms with E-state index in [2.05, 4.69) is 25.4 Å². The van der Waals surface area contributed by atoms with Crippen LogP contribution in [0.5, 0.6) is 0 Å². The van der Waals surface area contributed by atoms with Gasteiger partial charge in [-0.2, -0.15) is 0 Å². The minimum atomic E-state index is -0.568. The Hall–Kier alpha value is -2.22. The number of hydrogen-bond donors (Lipinski definition) is 0. The van der Waals surface area contributed by atoms with Crippen LogP contribution in [0.25, 0.3) is 0 Å². The quantitative estimate of drug-likeness (QED) is 0.323. The van der Waals surface area contributed by atoms with E-state index >= 15 is 0 Å². The van der Waals surface area contributed by atoms with Gasteiger partial charge in [0.05, 0.1) is 30.7 Å². The maximum Gasteiger partial charge on any atom is 0.338 e. The normalized spacial score (nSPS) is 9.72. The van der Waals surface area contributed by atoms with Crippen molar-refractivity contribution in [3.05, 3.63) is 68.7 Å².